The molecule has 0 aromatic heterocycles. The molecule has 0 radical (unpaired) electrons. The Hall–Kier alpha value is -1.13. The fourth-order valence-electron chi connectivity index (χ4n) is 7.69. The highest BCUT2D eigenvalue weighted by molar-refractivity contribution is 5.74. The molecule has 3 saturated heterocycles. The number of unbranched alkanes of at least 4 members (excludes halogenated alkanes) is 11. The SMILES string of the molecule is CCCCCCCCCC[C@@H](O)[C@@H]1CC[C@@H]([C@@H](O)CC[C@H](O)[C@@H]2CC[C@@H](CCCCCCC[C@H]3CC(CC(C)N=O)C(=O)O3)O2)O1. The van der Waals surface area contributed by atoms with Crippen molar-refractivity contribution >= 4 is 5.97 Å². The van der Waals surface area contributed by atoms with Crippen LogP contribution in [0.1, 0.15) is 168 Å². The van der Waals surface area contributed by atoms with Gasteiger partial charge in [-0.05, 0) is 84.0 Å². The third-order valence-corrected chi connectivity index (χ3v) is 10.6. The van der Waals surface area contributed by atoms with Gasteiger partial charge in [-0.2, -0.15) is 4.91 Å². The van der Waals surface area contributed by atoms with Gasteiger partial charge in [-0.1, -0.05) is 89.2 Å². The third-order valence-electron chi connectivity index (χ3n) is 10.6. The normalized spacial score (nSPS) is 29.1. The number of ether oxygens (including phenoxy) is 3. The highest BCUT2D eigenvalue weighted by atomic mass is 16.6. The Labute approximate surface area is 278 Å². The molecule has 3 aliphatic rings. The van der Waals surface area contributed by atoms with Gasteiger partial charge in [0.1, 0.15) is 6.10 Å². The van der Waals surface area contributed by atoms with Crippen molar-refractivity contribution in [2.75, 3.05) is 0 Å². The molecule has 3 fully saturated rings. The maximum atomic E-state index is 12.0. The number of esters is 1. The number of cyclic esters (lactones) is 1. The molecule has 10 atom stereocenters. The van der Waals surface area contributed by atoms with Gasteiger partial charge in [-0.15, -0.1) is 0 Å². The Morgan fingerprint density at radius 3 is 1.78 bits per heavy atom. The van der Waals surface area contributed by atoms with Gasteiger partial charge in [0.2, 0.25) is 0 Å². The summed E-state index contributed by atoms with van der Waals surface area (Å²) >= 11 is 0. The second kappa shape index (κ2) is 22.5. The molecular formula is C37H67NO8. The van der Waals surface area contributed by atoms with E-state index in [4.69, 9.17) is 14.2 Å². The minimum Gasteiger partial charge on any atom is -0.462 e. The van der Waals surface area contributed by atoms with Crippen LogP contribution in [0.25, 0.3) is 0 Å². The van der Waals surface area contributed by atoms with Crippen molar-refractivity contribution in [1.82, 2.24) is 0 Å². The van der Waals surface area contributed by atoms with Crippen molar-refractivity contribution in [1.29, 1.82) is 0 Å². The summed E-state index contributed by atoms with van der Waals surface area (Å²) in [6.45, 7) is 3.98. The summed E-state index contributed by atoms with van der Waals surface area (Å²) in [6, 6.07) is -0.341. The highest BCUT2D eigenvalue weighted by Gasteiger charge is 2.37. The molecule has 46 heavy (non-hydrogen) atoms. The van der Waals surface area contributed by atoms with Gasteiger partial charge in [0.15, 0.2) is 0 Å². The summed E-state index contributed by atoms with van der Waals surface area (Å²) in [6.07, 6.45) is 21.7. The Balaban J connectivity index is 1.16. The lowest BCUT2D eigenvalue weighted by molar-refractivity contribution is -0.144. The summed E-state index contributed by atoms with van der Waals surface area (Å²) in [5.74, 6) is -0.354. The molecule has 0 bridgehead atoms. The van der Waals surface area contributed by atoms with Crippen molar-refractivity contribution in [3.8, 4) is 0 Å². The van der Waals surface area contributed by atoms with Gasteiger partial charge >= 0.3 is 5.97 Å². The van der Waals surface area contributed by atoms with E-state index in [0.29, 0.717) is 25.7 Å². The van der Waals surface area contributed by atoms with E-state index in [-0.39, 0.29) is 48.4 Å². The van der Waals surface area contributed by atoms with E-state index in [0.717, 1.165) is 89.9 Å². The van der Waals surface area contributed by atoms with E-state index in [9.17, 15) is 25.0 Å². The number of aliphatic hydroxyl groups is 3. The van der Waals surface area contributed by atoms with Gasteiger partial charge in [-0.25, -0.2) is 0 Å². The van der Waals surface area contributed by atoms with Crippen LogP contribution in [0.5, 0.6) is 0 Å². The lowest BCUT2D eigenvalue weighted by Crippen LogP contribution is -2.33. The molecule has 9 heteroatoms. The van der Waals surface area contributed by atoms with Gasteiger partial charge in [0.25, 0.3) is 0 Å². The molecule has 0 saturated carbocycles. The predicted octanol–water partition coefficient (Wildman–Crippen LogP) is 7.68. The van der Waals surface area contributed by atoms with Crippen molar-refractivity contribution in [2.24, 2.45) is 11.1 Å². The maximum absolute atomic E-state index is 12.0. The van der Waals surface area contributed by atoms with Crippen LogP contribution in [-0.4, -0.2) is 76.2 Å². The monoisotopic (exact) mass is 653 g/mol. The fraction of sp³-hybridized carbons (Fsp3) is 0.973. The average Bonchev–Trinajstić information content (AvgIpc) is 3.81. The quantitative estimate of drug-likeness (QED) is 0.0492. The largest absolute Gasteiger partial charge is 0.462 e. The standard InChI is InChI=1S/C37H67NO8/c1-3-4-5-6-7-8-12-15-18-31(39)35-23-24-36(46-35)33(41)21-20-32(40)34-22-19-29(44-34)16-13-10-9-11-14-17-30-26-28(37(42)45-30)25-27(2)38-43/h27-36,39-41H,3-26H2,1-2H3/t27?,28?,29-,30+,31-,32+,33+,34+,35+,36+/m1/s1. The highest BCUT2D eigenvalue weighted by Crippen LogP contribution is 2.32. The molecular weight excluding hydrogens is 586 g/mol. The molecule has 0 aromatic rings. The van der Waals surface area contributed by atoms with E-state index < -0.39 is 18.3 Å². The van der Waals surface area contributed by atoms with E-state index in [1.165, 1.54) is 38.5 Å². The first-order valence-electron chi connectivity index (χ1n) is 19.2. The molecule has 3 heterocycles. The van der Waals surface area contributed by atoms with Gasteiger partial charge in [0, 0.05) is 0 Å². The molecule has 0 spiro atoms. The van der Waals surface area contributed by atoms with Crippen LogP contribution in [0.2, 0.25) is 0 Å². The topological polar surface area (TPSA) is 135 Å². The Bertz CT molecular complexity index is 829. The molecule has 3 rings (SSSR count). The zero-order valence-corrected chi connectivity index (χ0v) is 29.1. The van der Waals surface area contributed by atoms with E-state index in [2.05, 4.69) is 12.1 Å². The molecule has 0 aromatic carbocycles. The van der Waals surface area contributed by atoms with Crippen LogP contribution in [0, 0.1) is 10.8 Å². The van der Waals surface area contributed by atoms with Crippen LogP contribution in [0.4, 0.5) is 0 Å². The Kier molecular flexibility index (Phi) is 19.2. The van der Waals surface area contributed by atoms with Crippen LogP contribution >= 0.6 is 0 Å². The second-order valence-corrected chi connectivity index (χ2v) is 14.7. The van der Waals surface area contributed by atoms with Crippen LogP contribution in [-0.2, 0) is 19.0 Å². The van der Waals surface area contributed by atoms with Crippen LogP contribution < -0.4 is 0 Å². The van der Waals surface area contributed by atoms with Gasteiger partial charge < -0.3 is 29.5 Å². The van der Waals surface area contributed by atoms with Gasteiger partial charge in [-0.3, -0.25) is 4.79 Å². The molecule has 2 unspecified atom stereocenters. The second-order valence-electron chi connectivity index (χ2n) is 14.7. The van der Waals surface area contributed by atoms with Gasteiger partial charge in [0.05, 0.1) is 54.7 Å². The average molecular weight is 654 g/mol. The summed E-state index contributed by atoms with van der Waals surface area (Å²) < 4.78 is 17.7. The predicted molar refractivity (Wildman–Crippen MR) is 180 cm³/mol. The van der Waals surface area contributed by atoms with E-state index in [1.807, 2.05) is 0 Å². The van der Waals surface area contributed by atoms with E-state index in [1.54, 1.807) is 6.92 Å². The lowest BCUT2D eigenvalue weighted by atomic mass is 9.95. The van der Waals surface area contributed by atoms with E-state index >= 15 is 0 Å². The zero-order chi connectivity index (χ0) is 33.1. The summed E-state index contributed by atoms with van der Waals surface area (Å²) in [5.41, 5.74) is 0. The number of nitrogens with zero attached hydrogens (tertiary/aromatic N) is 1. The smallest absolute Gasteiger partial charge is 0.309 e. The van der Waals surface area contributed by atoms with Crippen molar-refractivity contribution in [3.63, 3.8) is 0 Å². The minimum absolute atomic E-state index is 0.0161. The Morgan fingerprint density at radius 2 is 1.17 bits per heavy atom. The molecule has 0 amide bonds. The third kappa shape index (κ3) is 14.6. The first-order valence-corrected chi connectivity index (χ1v) is 19.2. The molecule has 3 N–H and O–H groups in total. The molecule has 0 aliphatic carbocycles. The fourth-order valence-corrected chi connectivity index (χ4v) is 7.69. The zero-order valence-electron chi connectivity index (χ0n) is 29.1. The number of hydrogen-bond donors (Lipinski definition) is 3. The summed E-state index contributed by atoms with van der Waals surface area (Å²) in [4.78, 5) is 22.6. The van der Waals surface area contributed by atoms with Crippen molar-refractivity contribution in [2.45, 2.75) is 223 Å². The number of rotatable bonds is 26. The first-order chi connectivity index (χ1) is 22.3. The number of aliphatic hydroxyl groups excluding tert-OH is 3. The minimum atomic E-state index is -0.627. The lowest BCUT2D eigenvalue weighted by Gasteiger charge is -2.24. The summed E-state index contributed by atoms with van der Waals surface area (Å²) in [7, 11) is 0. The van der Waals surface area contributed by atoms with Crippen LogP contribution in [0.3, 0.4) is 0 Å². The summed E-state index contributed by atoms with van der Waals surface area (Å²) in [5, 5.41) is 35.2. The maximum Gasteiger partial charge on any atom is 0.309 e. The number of hydrogen-bond acceptors (Lipinski definition) is 9. The number of carbonyl (C=O) groups excluding carboxylic acids is 1. The van der Waals surface area contributed by atoms with Crippen molar-refractivity contribution in [3.05, 3.63) is 4.91 Å². The number of nitroso groups, excluding NO2 is 1. The first kappa shape index (κ1) is 39.3. The molecule has 3 aliphatic heterocycles. The molecule has 268 valence electrons. The number of carbonyl (C=O) groups is 1. The Morgan fingerprint density at radius 1 is 0.674 bits per heavy atom. The molecule has 9 nitrogen and oxygen atoms in total. The van der Waals surface area contributed by atoms with Crippen molar-refractivity contribution < 1.29 is 34.3 Å². The van der Waals surface area contributed by atoms with Crippen LogP contribution in [0.15, 0.2) is 5.18 Å².